The average molecular weight is 424 g/mol. The van der Waals surface area contributed by atoms with Crippen molar-refractivity contribution in [1.82, 2.24) is 4.90 Å². The second kappa shape index (κ2) is 9.42. The number of imide groups is 1. The molecule has 1 aliphatic rings. The Morgan fingerprint density at radius 1 is 0.968 bits per heavy atom. The first-order valence-electron chi connectivity index (χ1n) is 10.1. The molecule has 1 heterocycles. The van der Waals surface area contributed by atoms with Crippen LogP contribution in [-0.2, 0) is 9.59 Å². The lowest BCUT2D eigenvalue weighted by Crippen LogP contribution is -2.31. The fourth-order valence-corrected chi connectivity index (χ4v) is 3.39. The van der Waals surface area contributed by atoms with Crippen LogP contribution in [0, 0.1) is 5.92 Å². The Labute approximate surface area is 179 Å². The van der Waals surface area contributed by atoms with E-state index >= 15 is 0 Å². The van der Waals surface area contributed by atoms with Gasteiger partial charge in [0.05, 0.1) is 17.5 Å². The van der Waals surface area contributed by atoms with Crippen LogP contribution in [0.3, 0.4) is 0 Å². The molecule has 8 heteroatoms. The predicted molar refractivity (Wildman–Crippen MR) is 113 cm³/mol. The molecular weight excluding hydrogens is 400 g/mol. The molecule has 2 aromatic rings. The van der Waals surface area contributed by atoms with Crippen molar-refractivity contribution in [2.75, 3.05) is 11.9 Å². The van der Waals surface area contributed by atoms with Crippen molar-refractivity contribution in [1.29, 1.82) is 0 Å². The molecule has 0 aliphatic carbocycles. The van der Waals surface area contributed by atoms with Gasteiger partial charge in [0, 0.05) is 18.2 Å². The van der Waals surface area contributed by atoms with E-state index in [-0.39, 0.29) is 35.9 Å². The lowest BCUT2D eigenvalue weighted by Gasteiger charge is -2.13. The molecule has 0 aromatic heterocycles. The average Bonchev–Trinajstić information content (AvgIpc) is 2.98. The molecule has 0 spiro atoms. The molecule has 0 bridgehead atoms. The second-order valence-corrected chi connectivity index (χ2v) is 7.24. The number of fused-ring (bicyclic) bond motifs is 1. The highest BCUT2D eigenvalue weighted by atomic mass is 16.5. The summed E-state index contributed by atoms with van der Waals surface area (Å²) in [6.07, 6.45) is 1.24. The third-order valence-electron chi connectivity index (χ3n) is 5.21. The molecule has 0 unspecified atom stereocenters. The van der Waals surface area contributed by atoms with Crippen LogP contribution in [0.25, 0.3) is 0 Å². The van der Waals surface area contributed by atoms with Gasteiger partial charge < -0.3 is 15.2 Å². The van der Waals surface area contributed by atoms with Crippen molar-refractivity contribution >= 4 is 29.4 Å². The van der Waals surface area contributed by atoms with Crippen LogP contribution in [0.2, 0.25) is 0 Å². The molecule has 3 amide bonds. The molecule has 2 aromatic carbocycles. The SMILES string of the molecule is CCC(CC)C(=O)Nc1ccc(Oc2ccc3c(c2)C(=O)N(CCC(=O)O)C3=O)cc1. The Kier molecular flexibility index (Phi) is 6.69. The third-order valence-corrected chi connectivity index (χ3v) is 5.21. The summed E-state index contributed by atoms with van der Waals surface area (Å²) >= 11 is 0. The first-order chi connectivity index (χ1) is 14.8. The standard InChI is InChI=1S/C23H24N2O6/c1-3-14(4-2)21(28)24-15-5-7-16(8-6-15)31-17-9-10-18-19(13-17)23(30)25(22(18)29)12-11-20(26)27/h5-10,13-14H,3-4,11-12H2,1-2H3,(H,24,28)(H,26,27). The molecule has 1 aliphatic heterocycles. The summed E-state index contributed by atoms with van der Waals surface area (Å²) in [6.45, 7) is 3.78. The van der Waals surface area contributed by atoms with Gasteiger partial charge in [0.25, 0.3) is 11.8 Å². The summed E-state index contributed by atoms with van der Waals surface area (Å²) in [5, 5.41) is 11.7. The van der Waals surface area contributed by atoms with Gasteiger partial charge in [0.2, 0.25) is 5.91 Å². The molecule has 0 atom stereocenters. The molecule has 162 valence electrons. The number of anilines is 1. The highest BCUT2D eigenvalue weighted by Gasteiger charge is 2.35. The summed E-state index contributed by atoms with van der Waals surface area (Å²) < 4.78 is 5.78. The Hall–Kier alpha value is -3.68. The number of carboxylic acids is 1. The largest absolute Gasteiger partial charge is 0.481 e. The van der Waals surface area contributed by atoms with Gasteiger partial charge in [-0.1, -0.05) is 13.8 Å². The molecular formula is C23H24N2O6. The number of rotatable bonds is 9. The lowest BCUT2D eigenvalue weighted by molar-refractivity contribution is -0.137. The zero-order valence-corrected chi connectivity index (χ0v) is 17.4. The van der Waals surface area contributed by atoms with Crippen LogP contribution in [0.1, 0.15) is 53.8 Å². The lowest BCUT2D eigenvalue weighted by atomic mass is 10.0. The van der Waals surface area contributed by atoms with Crippen LogP contribution in [0.5, 0.6) is 11.5 Å². The normalized spacial score (nSPS) is 12.8. The smallest absolute Gasteiger partial charge is 0.305 e. The minimum absolute atomic E-state index is 0.0204. The summed E-state index contributed by atoms with van der Waals surface area (Å²) in [7, 11) is 0. The van der Waals surface area contributed by atoms with E-state index in [4.69, 9.17) is 9.84 Å². The maximum absolute atomic E-state index is 12.5. The number of benzene rings is 2. The minimum atomic E-state index is -1.08. The number of carbonyl (C=O) groups excluding carboxylic acids is 3. The summed E-state index contributed by atoms with van der Waals surface area (Å²) in [6, 6.07) is 11.4. The van der Waals surface area contributed by atoms with E-state index in [9.17, 15) is 19.2 Å². The third kappa shape index (κ3) is 4.91. The Morgan fingerprint density at radius 3 is 2.19 bits per heavy atom. The van der Waals surface area contributed by atoms with Crippen molar-refractivity contribution in [3.8, 4) is 11.5 Å². The van der Waals surface area contributed by atoms with E-state index in [1.54, 1.807) is 30.3 Å². The molecule has 0 saturated carbocycles. The highest BCUT2D eigenvalue weighted by molar-refractivity contribution is 6.21. The van der Waals surface area contributed by atoms with Crippen molar-refractivity contribution in [3.63, 3.8) is 0 Å². The number of nitrogens with zero attached hydrogens (tertiary/aromatic N) is 1. The fraction of sp³-hybridized carbons (Fsp3) is 0.304. The monoisotopic (exact) mass is 424 g/mol. The predicted octanol–water partition coefficient (Wildman–Crippen LogP) is 3.92. The molecule has 0 radical (unpaired) electrons. The van der Waals surface area contributed by atoms with E-state index in [0.29, 0.717) is 17.2 Å². The maximum atomic E-state index is 12.5. The van der Waals surface area contributed by atoms with Gasteiger partial charge in [-0.05, 0) is 55.3 Å². The first-order valence-corrected chi connectivity index (χ1v) is 10.1. The van der Waals surface area contributed by atoms with Crippen LogP contribution in [0.4, 0.5) is 5.69 Å². The molecule has 8 nitrogen and oxygen atoms in total. The van der Waals surface area contributed by atoms with Crippen LogP contribution >= 0.6 is 0 Å². The van der Waals surface area contributed by atoms with E-state index in [1.165, 1.54) is 12.1 Å². The zero-order valence-electron chi connectivity index (χ0n) is 17.4. The van der Waals surface area contributed by atoms with Crippen LogP contribution < -0.4 is 10.1 Å². The van der Waals surface area contributed by atoms with Crippen LogP contribution in [-0.4, -0.2) is 40.2 Å². The number of nitrogens with one attached hydrogen (secondary N) is 1. The van der Waals surface area contributed by atoms with Gasteiger partial charge in [-0.15, -0.1) is 0 Å². The van der Waals surface area contributed by atoms with E-state index in [0.717, 1.165) is 17.7 Å². The van der Waals surface area contributed by atoms with Gasteiger partial charge in [-0.3, -0.25) is 24.1 Å². The minimum Gasteiger partial charge on any atom is -0.481 e. The second-order valence-electron chi connectivity index (χ2n) is 7.24. The molecule has 3 rings (SSSR count). The van der Waals surface area contributed by atoms with E-state index in [1.807, 2.05) is 13.8 Å². The van der Waals surface area contributed by atoms with Crippen molar-refractivity contribution in [2.24, 2.45) is 5.92 Å². The van der Waals surface area contributed by atoms with Crippen molar-refractivity contribution in [2.45, 2.75) is 33.1 Å². The van der Waals surface area contributed by atoms with Crippen LogP contribution in [0.15, 0.2) is 42.5 Å². The quantitative estimate of drug-likeness (QED) is 0.590. The van der Waals surface area contributed by atoms with Gasteiger partial charge in [-0.2, -0.15) is 0 Å². The Balaban J connectivity index is 1.68. The topological polar surface area (TPSA) is 113 Å². The number of amides is 3. The number of hydrogen-bond donors (Lipinski definition) is 2. The van der Waals surface area contributed by atoms with Gasteiger partial charge in [0.1, 0.15) is 11.5 Å². The van der Waals surface area contributed by atoms with Gasteiger partial charge in [-0.25, -0.2) is 0 Å². The fourth-order valence-electron chi connectivity index (χ4n) is 3.39. The number of hydrogen-bond acceptors (Lipinski definition) is 5. The number of ether oxygens (including phenoxy) is 1. The van der Waals surface area contributed by atoms with Crippen molar-refractivity contribution < 1.29 is 29.0 Å². The Bertz CT molecular complexity index is 1010. The number of carbonyl (C=O) groups is 4. The highest BCUT2D eigenvalue weighted by Crippen LogP contribution is 2.30. The van der Waals surface area contributed by atoms with E-state index < -0.39 is 17.8 Å². The summed E-state index contributed by atoms with van der Waals surface area (Å²) in [4.78, 5) is 48.7. The summed E-state index contributed by atoms with van der Waals surface area (Å²) in [5.74, 6) is -1.31. The van der Waals surface area contributed by atoms with Gasteiger partial charge in [0.15, 0.2) is 0 Å². The maximum Gasteiger partial charge on any atom is 0.305 e. The zero-order chi connectivity index (χ0) is 22.5. The molecule has 0 saturated heterocycles. The van der Waals surface area contributed by atoms with Crippen molar-refractivity contribution in [3.05, 3.63) is 53.6 Å². The molecule has 2 N–H and O–H groups in total. The number of aliphatic carboxylic acids is 1. The first kappa shape index (κ1) is 22.0. The Morgan fingerprint density at radius 2 is 1.58 bits per heavy atom. The number of carboxylic acid groups (broad SMARTS) is 1. The molecule has 31 heavy (non-hydrogen) atoms. The van der Waals surface area contributed by atoms with E-state index in [2.05, 4.69) is 5.32 Å². The van der Waals surface area contributed by atoms with Gasteiger partial charge >= 0.3 is 5.97 Å². The summed E-state index contributed by atoms with van der Waals surface area (Å²) in [5.41, 5.74) is 1.07. The molecule has 0 fully saturated rings.